The third kappa shape index (κ3) is 6.12. The highest BCUT2D eigenvalue weighted by Crippen LogP contribution is 2.17. The zero-order chi connectivity index (χ0) is 16.0. The Morgan fingerprint density at radius 2 is 1.95 bits per heavy atom. The van der Waals surface area contributed by atoms with Crippen molar-refractivity contribution in [1.29, 1.82) is 0 Å². The van der Waals surface area contributed by atoms with E-state index < -0.39 is 11.9 Å². The Morgan fingerprint density at radius 3 is 2.48 bits per heavy atom. The van der Waals surface area contributed by atoms with E-state index in [4.69, 9.17) is 0 Å². The zero-order valence-corrected chi connectivity index (χ0v) is 12.9. The minimum absolute atomic E-state index is 0.0622. The summed E-state index contributed by atoms with van der Waals surface area (Å²) in [6, 6.07) is -0.160. The second kappa shape index (κ2) is 7.97. The van der Waals surface area contributed by atoms with Gasteiger partial charge in [0.05, 0.1) is 5.92 Å². The zero-order valence-electron chi connectivity index (χ0n) is 12.9. The summed E-state index contributed by atoms with van der Waals surface area (Å²) >= 11 is 0. The molecule has 7 nitrogen and oxygen atoms in total. The van der Waals surface area contributed by atoms with Crippen LogP contribution in [0, 0.1) is 11.8 Å². The number of hydrogen-bond acceptors (Lipinski definition) is 4. The molecule has 0 aromatic heterocycles. The molecule has 2 atom stereocenters. The molecule has 120 valence electrons. The summed E-state index contributed by atoms with van der Waals surface area (Å²) in [5.41, 5.74) is 0. The van der Waals surface area contributed by atoms with Crippen LogP contribution >= 0.6 is 0 Å². The van der Waals surface area contributed by atoms with Crippen molar-refractivity contribution in [1.82, 2.24) is 15.5 Å². The fourth-order valence-electron chi connectivity index (χ4n) is 2.41. The molecule has 0 spiro atoms. The molecule has 0 aliphatic carbocycles. The van der Waals surface area contributed by atoms with Gasteiger partial charge in [-0.15, -0.1) is 0 Å². The first-order valence-corrected chi connectivity index (χ1v) is 7.29. The smallest absolute Gasteiger partial charge is 0.307 e. The highest BCUT2D eigenvalue weighted by Gasteiger charge is 2.32. The molecule has 1 aliphatic heterocycles. The first kappa shape index (κ1) is 17.4. The molecule has 0 radical (unpaired) electrons. The van der Waals surface area contributed by atoms with Crippen molar-refractivity contribution in [3.8, 4) is 0 Å². The molecule has 0 bridgehead atoms. The Labute approximate surface area is 125 Å². The van der Waals surface area contributed by atoms with E-state index in [1.165, 1.54) is 6.92 Å². The van der Waals surface area contributed by atoms with Gasteiger partial charge in [-0.2, -0.15) is 0 Å². The average molecular weight is 299 g/mol. The number of carboxylic acids is 1. The predicted molar refractivity (Wildman–Crippen MR) is 77.6 cm³/mol. The van der Waals surface area contributed by atoms with Crippen LogP contribution < -0.4 is 10.6 Å². The SMILES string of the molecule is CC(=O)NCCN1CC(NC(=O)C(C)C)CC(C(=O)O)C1. The fourth-order valence-corrected chi connectivity index (χ4v) is 2.41. The molecular formula is C14H25N3O4. The third-order valence-corrected chi connectivity index (χ3v) is 3.55. The average Bonchev–Trinajstić information content (AvgIpc) is 2.37. The van der Waals surface area contributed by atoms with Gasteiger partial charge in [0, 0.05) is 45.1 Å². The number of aliphatic carboxylic acids is 1. The number of hydrogen-bond donors (Lipinski definition) is 3. The molecule has 1 fully saturated rings. The molecule has 3 N–H and O–H groups in total. The number of rotatable bonds is 6. The molecular weight excluding hydrogens is 274 g/mol. The lowest BCUT2D eigenvalue weighted by Crippen LogP contribution is -2.54. The van der Waals surface area contributed by atoms with Crippen LogP contribution in [-0.4, -0.2) is 60.0 Å². The Hall–Kier alpha value is -1.63. The molecule has 1 aliphatic rings. The van der Waals surface area contributed by atoms with Gasteiger partial charge in [-0.25, -0.2) is 0 Å². The minimum atomic E-state index is -0.844. The van der Waals surface area contributed by atoms with Crippen molar-refractivity contribution in [2.24, 2.45) is 11.8 Å². The summed E-state index contributed by atoms with van der Waals surface area (Å²) in [6.07, 6.45) is 0.449. The van der Waals surface area contributed by atoms with Gasteiger partial charge in [0.15, 0.2) is 0 Å². The lowest BCUT2D eigenvalue weighted by Gasteiger charge is -2.36. The highest BCUT2D eigenvalue weighted by atomic mass is 16.4. The number of carboxylic acid groups (broad SMARTS) is 1. The van der Waals surface area contributed by atoms with Crippen LogP contribution in [0.3, 0.4) is 0 Å². The van der Waals surface area contributed by atoms with E-state index >= 15 is 0 Å². The van der Waals surface area contributed by atoms with Crippen molar-refractivity contribution < 1.29 is 19.5 Å². The summed E-state index contributed by atoms with van der Waals surface area (Å²) in [7, 11) is 0. The van der Waals surface area contributed by atoms with Crippen LogP contribution in [0.1, 0.15) is 27.2 Å². The molecule has 0 aromatic rings. The maximum absolute atomic E-state index is 11.8. The van der Waals surface area contributed by atoms with Gasteiger partial charge in [-0.3, -0.25) is 19.3 Å². The van der Waals surface area contributed by atoms with Gasteiger partial charge >= 0.3 is 5.97 Å². The number of carbonyl (C=O) groups is 3. The van der Waals surface area contributed by atoms with Gasteiger partial charge in [0.1, 0.15) is 0 Å². The van der Waals surface area contributed by atoms with E-state index in [2.05, 4.69) is 10.6 Å². The third-order valence-electron chi connectivity index (χ3n) is 3.55. The van der Waals surface area contributed by atoms with E-state index in [9.17, 15) is 19.5 Å². The quantitative estimate of drug-likeness (QED) is 0.624. The van der Waals surface area contributed by atoms with E-state index in [0.29, 0.717) is 32.6 Å². The van der Waals surface area contributed by atoms with Gasteiger partial charge in [0.25, 0.3) is 0 Å². The number of carbonyl (C=O) groups excluding carboxylic acids is 2. The van der Waals surface area contributed by atoms with Crippen molar-refractivity contribution in [3.05, 3.63) is 0 Å². The molecule has 7 heteroatoms. The van der Waals surface area contributed by atoms with Crippen LogP contribution in [0.15, 0.2) is 0 Å². The normalized spacial score (nSPS) is 22.9. The van der Waals surface area contributed by atoms with Crippen LogP contribution in [0.25, 0.3) is 0 Å². The standard InChI is InChI=1S/C14H25N3O4/c1-9(2)13(19)16-12-6-11(14(20)21)7-17(8-12)5-4-15-10(3)18/h9,11-12H,4-8H2,1-3H3,(H,15,18)(H,16,19)(H,20,21). The van der Waals surface area contributed by atoms with Gasteiger partial charge < -0.3 is 15.7 Å². The number of nitrogens with one attached hydrogen (secondary N) is 2. The predicted octanol–water partition coefficient (Wildman–Crippen LogP) is -0.330. The molecule has 2 amide bonds. The first-order valence-electron chi connectivity index (χ1n) is 7.29. The van der Waals surface area contributed by atoms with E-state index in [0.717, 1.165) is 0 Å². The number of nitrogens with zero attached hydrogens (tertiary/aromatic N) is 1. The maximum atomic E-state index is 11.8. The van der Waals surface area contributed by atoms with Crippen LogP contribution in [0.5, 0.6) is 0 Å². The second-order valence-corrected chi connectivity index (χ2v) is 5.87. The van der Waals surface area contributed by atoms with Gasteiger partial charge in [-0.05, 0) is 6.42 Å². The number of amides is 2. The molecule has 0 aromatic carbocycles. The topological polar surface area (TPSA) is 98.7 Å². The molecule has 1 rings (SSSR count). The molecule has 1 heterocycles. The summed E-state index contributed by atoms with van der Waals surface area (Å²) in [4.78, 5) is 35.8. The Balaban J connectivity index is 2.57. The summed E-state index contributed by atoms with van der Waals surface area (Å²) < 4.78 is 0. The van der Waals surface area contributed by atoms with Crippen molar-refractivity contribution in [2.75, 3.05) is 26.2 Å². The largest absolute Gasteiger partial charge is 0.481 e. The van der Waals surface area contributed by atoms with Gasteiger partial charge in [-0.1, -0.05) is 13.8 Å². The van der Waals surface area contributed by atoms with E-state index in [1.807, 2.05) is 4.90 Å². The molecule has 2 unspecified atom stereocenters. The number of piperidine rings is 1. The van der Waals surface area contributed by atoms with Crippen LogP contribution in [-0.2, 0) is 14.4 Å². The van der Waals surface area contributed by atoms with E-state index in [-0.39, 0.29) is 23.8 Å². The van der Waals surface area contributed by atoms with Crippen LogP contribution in [0.2, 0.25) is 0 Å². The Bertz CT molecular complexity index is 398. The van der Waals surface area contributed by atoms with Crippen LogP contribution in [0.4, 0.5) is 0 Å². The Morgan fingerprint density at radius 1 is 1.29 bits per heavy atom. The van der Waals surface area contributed by atoms with Crippen molar-refractivity contribution in [3.63, 3.8) is 0 Å². The van der Waals surface area contributed by atoms with Crippen molar-refractivity contribution >= 4 is 17.8 Å². The van der Waals surface area contributed by atoms with Gasteiger partial charge in [0.2, 0.25) is 11.8 Å². The molecule has 0 saturated carbocycles. The monoisotopic (exact) mass is 299 g/mol. The molecule has 1 saturated heterocycles. The lowest BCUT2D eigenvalue weighted by atomic mass is 9.94. The maximum Gasteiger partial charge on any atom is 0.307 e. The van der Waals surface area contributed by atoms with E-state index in [1.54, 1.807) is 13.8 Å². The summed E-state index contributed by atoms with van der Waals surface area (Å²) in [5.74, 6) is -1.63. The summed E-state index contributed by atoms with van der Waals surface area (Å²) in [5, 5.41) is 14.8. The second-order valence-electron chi connectivity index (χ2n) is 5.87. The highest BCUT2D eigenvalue weighted by molar-refractivity contribution is 5.78. The lowest BCUT2D eigenvalue weighted by molar-refractivity contribution is -0.144. The number of likely N-dealkylation sites (tertiary alicyclic amines) is 1. The summed E-state index contributed by atoms with van der Waals surface area (Å²) in [6.45, 7) is 7.18. The first-order chi connectivity index (χ1) is 9.79. The fraction of sp³-hybridized carbons (Fsp3) is 0.786. The Kier molecular flexibility index (Phi) is 6.61. The molecule has 21 heavy (non-hydrogen) atoms. The minimum Gasteiger partial charge on any atom is -0.481 e. The van der Waals surface area contributed by atoms with Crippen molar-refractivity contribution in [2.45, 2.75) is 33.2 Å².